The van der Waals surface area contributed by atoms with Crippen LogP contribution in [0.3, 0.4) is 0 Å². The third-order valence-electron chi connectivity index (χ3n) is 8.49. The molecule has 0 radical (unpaired) electrons. The first-order valence-corrected chi connectivity index (χ1v) is 17.8. The molecule has 0 amide bonds. The summed E-state index contributed by atoms with van der Waals surface area (Å²) in [6.45, 7) is 12.7. The molecule has 0 atom stereocenters. The molecule has 0 aromatic heterocycles. The van der Waals surface area contributed by atoms with Gasteiger partial charge in [-0.3, -0.25) is 0 Å². The number of fused-ring (bicyclic) bond motifs is 3. The number of ether oxygens (including phenoxy) is 9. The first kappa shape index (κ1) is 42.5. The van der Waals surface area contributed by atoms with Gasteiger partial charge in [0.05, 0.1) is 6.26 Å². The molecule has 0 saturated heterocycles. The Morgan fingerprint density at radius 3 is 1.53 bits per heavy atom. The number of carbonyl (C=O) groups is 5. The van der Waals surface area contributed by atoms with Crippen LogP contribution in [-0.4, -0.2) is 50.6 Å². The average molecular weight is 805 g/mol. The Morgan fingerprint density at radius 2 is 1.02 bits per heavy atom. The van der Waals surface area contributed by atoms with Crippen LogP contribution in [0.4, 0.5) is 9.59 Å². The van der Waals surface area contributed by atoms with Crippen molar-refractivity contribution in [3.8, 4) is 34.1 Å². The Bertz CT molecular complexity index is 2300. The van der Waals surface area contributed by atoms with Gasteiger partial charge < -0.3 is 42.6 Å². The highest BCUT2D eigenvalue weighted by atomic mass is 16.8. The van der Waals surface area contributed by atoms with Gasteiger partial charge in [-0.1, -0.05) is 63.4 Å². The van der Waals surface area contributed by atoms with E-state index in [4.69, 9.17) is 33.2 Å². The van der Waals surface area contributed by atoms with Crippen molar-refractivity contribution in [1.82, 2.24) is 0 Å². The van der Waals surface area contributed by atoms with E-state index >= 15 is 0 Å². The van der Waals surface area contributed by atoms with Crippen LogP contribution in [0, 0.1) is 0 Å². The summed E-state index contributed by atoms with van der Waals surface area (Å²) in [6, 6.07) is 24.1. The van der Waals surface area contributed by atoms with Gasteiger partial charge in [0, 0.05) is 22.6 Å². The Morgan fingerprint density at radius 1 is 0.559 bits per heavy atom. The summed E-state index contributed by atoms with van der Waals surface area (Å²) in [6.07, 6.45) is 3.95. The van der Waals surface area contributed by atoms with E-state index in [1.165, 1.54) is 38.3 Å². The highest BCUT2D eigenvalue weighted by Crippen LogP contribution is 2.50. The molecule has 304 valence electrons. The largest absolute Gasteiger partial charge is 0.516 e. The third-order valence-corrected chi connectivity index (χ3v) is 8.49. The molecule has 0 saturated carbocycles. The third kappa shape index (κ3) is 11.9. The fraction of sp³-hybridized carbons (Fsp3) is 0.178. The number of hydrogen-bond donors (Lipinski definition) is 0. The second-order valence-electron chi connectivity index (χ2n) is 13.3. The van der Waals surface area contributed by atoms with Crippen LogP contribution in [0.2, 0.25) is 0 Å². The average Bonchev–Trinajstić information content (AvgIpc) is 3.42. The molecule has 0 bridgehead atoms. The van der Waals surface area contributed by atoms with Crippen molar-refractivity contribution < 1.29 is 66.6 Å². The quantitative estimate of drug-likeness (QED) is 0.0200. The lowest BCUT2D eigenvalue weighted by atomic mass is 9.82. The van der Waals surface area contributed by atoms with Gasteiger partial charge in [-0.15, -0.1) is 0 Å². The Labute approximate surface area is 339 Å². The topological polar surface area (TPSA) is 168 Å². The molecule has 14 nitrogen and oxygen atoms in total. The van der Waals surface area contributed by atoms with Crippen molar-refractivity contribution in [2.24, 2.45) is 0 Å². The van der Waals surface area contributed by atoms with Gasteiger partial charge in [0.25, 0.3) is 0 Å². The summed E-state index contributed by atoms with van der Waals surface area (Å²) in [5, 5.41) is 0. The van der Waals surface area contributed by atoms with E-state index < -0.39 is 49.2 Å². The maximum atomic E-state index is 12.7. The number of esters is 3. The molecule has 0 aliphatic heterocycles. The Hall–Kier alpha value is -7.61. The minimum absolute atomic E-state index is 0.0534. The second kappa shape index (κ2) is 19.5. The molecule has 1 aliphatic carbocycles. The lowest BCUT2D eigenvalue weighted by molar-refractivity contribution is -0.148. The first-order chi connectivity index (χ1) is 28.2. The van der Waals surface area contributed by atoms with Crippen LogP contribution in [0.1, 0.15) is 49.9 Å². The molecule has 0 spiro atoms. The van der Waals surface area contributed by atoms with E-state index in [-0.39, 0.29) is 29.4 Å². The molecule has 4 aromatic rings. The minimum atomic E-state index is -1.06. The van der Waals surface area contributed by atoms with Gasteiger partial charge in [-0.05, 0) is 108 Å². The summed E-state index contributed by atoms with van der Waals surface area (Å²) in [7, 11) is 0. The monoisotopic (exact) mass is 804 g/mol. The highest BCUT2D eigenvalue weighted by molar-refractivity contribution is 5.90. The molecule has 14 heteroatoms. The van der Waals surface area contributed by atoms with Gasteiger partial charge in [-0.25, -0.2) is 24.0 Å². The molecule has 5 rings (SSSR count). The smallest absolute Gasteiger partial charge is 0.465 e. The zero-order valence-corrected chi connectivity index (χ0v) is 32.6. The standard InChI is InChI=1S/C45H40O14/c1-28(2)41(47)53-26-55-43(49)58-32-12-7-30(8-13-32)11-20-40(46)57-35-17-19-37-36-18-16-34(23-38(36)45(5,6)39(37)24-35)52-25-51-22-21-31-9-14-33(15-10-31)59-44(50)56-27-54-42(48)29(3)4/h7-24H,1,3,25-27H2,2,4-6H3. The zero-order valence-electron chi connectivity index (χ0n) is 32.6. The number of hydrogen-bond acceptors (Lipinski definition) is 14. The first-order valence-electron chi connectivity index (χ1n) is 17.8. The zero-order chi connectivity index (χ0) is 42.5. The van der Waals surface area contributed by atoms with Gasteiger partial charge in [0.1, 0.15) is 23.0 Å². The second-order valence-corrected chi connectivity index (χ2v) is 13.3. The van der Waals surface area contributed by atoms with Crippen LogP contribution in [0.15, 0.2) is 122 Å². The van der Waals surface area contributed by atoms with Gasteiger partial charge in [-0.2, -0.15) is 0 Å². The van der Waals surface area contributed by atoms with Crippen molar-refractivity contribution in [3.05, 3.63) is 144 Å². The Balaban J connectivity index is 1.07. The van der Waals surface area contributed by atoms with Crippen LogP contribution in [0.5, 0.6) is 23.0 Å². The van der Waals surface area contributed by atoms with E-state index in [9.17, 15) is 24.0 Å². The van der Waals surface area contributed by atoms with Crippen molar-refractivity contribution in [2.75, 3.05) is 20.4 Å². The van der Waals surface area contributed by atoms with Crippen LogP contribution < -0.4 is 18.9 Å². The lowest BCUT2D eigenvalue weighted by Crippen LogP contribution is -2.16. The molecule has 1 aliphatic rings. The van der Waals surface area contributed by atoms with E-state index in [0.29, 0.717) is 17.1 Å². The van der Waals surface area contributed by atoms with Gasteiger partial charge in [0.15, 0.2) is 0 Å². The number of rotatable bonds is 16. The predicted molar refractivity (Wildman–Crippen MR) is 213 cm³/mol. The van der Waals surface area contributed by atoms with E-state index in [0.717, 1.165) is 27.8 Å². The van der Waals surface area contributed by atoms with Crippen LogP contribution in [-0.2, 0) is 43.5 Å². The Kier molecular flexibility index (Phi) is 14.1. The molecular formula is C45H40O14. The number of benzene rings is 4. The molecule has 59 heavy (non-hydrogen) atoms. The summed E-state index contributed by atoms with van der Waals surface area (Å²) in [5.74, 6) is -0.553. The van der Waals surface area contributed by atoms with Crippen LogP contribution in [0.25, 0.3) is 23.3 Å². The minimum Gasteiger partial charge on any atom is -0.465 e. The maximum absolute atomic E-state index is 12.7. The number of carbonyl (C=O) groups excluding carboxylic acids is 5. The van der Waals surface area contributed by atoms with E-state index in [1.54, 1.807) is 54.6 Å². The van der Waals surface area contributed by atoms with Gasteiger partial charge >= 0.3 is 30.2 Å². The molecular weight excluding hydrogens is 764 g/mol. The molecule has 0 fully saturated rings. The van der Waals surface area contributed by atoms with E-state index in [1.807, 2.05) is 30.3 Å². The lowest BCUT2D eigenvalue weighted by Gasteiger charge is -2.22. The predicted octanol–water partition coefficient (Wildman–Crippen LogP) is 8.82. The fourth-order valence-corrected chi connectivity index (χ4v) is 5.49. The van der Waals surface area contributed by atoms with Crippen molar-refractivity contribution in [1.29, 1.82) is 0 Å². The summed E-state index contributed by atoms with van der Waals surface area (Å²) in [5.41, 5.74) is 5.39. The van der Waals surface area contributed by atoms with Crippen molar-refractivity contribution in [2.45, 2.75) is 33.1 Å². The normalized spacial score (nSPS) is 12.1. The molecule has 4 aromatic carbocycles. The highest BCUT2D eigenvalue weighted by Gasteiger charge is 2.36. The SMILES string of the molecule is C=C(C)C(=O)OCOC(=O)Oc1ccc(C=COCOc2ccc3c(c2)C(C)(C)c2cc(OC(=O)C=Cc4ccc(OC(=O)OCOC(=O)C(=C)C)cc4)ccc2-3)cc1. The fourth-order valence-electron chi connectivity index (χ4n) is 5.49. The van der Waals surface area contributed by atoms with E-state index in [2.05, 4.69) is 36.5 Å². The van der Waals surface area contributed by atoms with Crippen LogP contribution >= 0.6 is 0 Å². The summed E-state index contributed by atoms with van der Waals surface area (Å²) >= 11 is 0. The summed E-state index contributed by atoms with van der Waals surface area (Å²) < 4.78 is 45.9. The molecule has 0 N–H and O–H groups in total. The van der Waals surface area contributed by atoms with Crippen molar-refractivity contribution >= 4 is 42.4 Å². The van der Waals surface area contributed by atoms with Crippen molar-refractivity contribution in [3.63, 3.8) is 0 Å². The maximum Gasteiger partial charge on any atom is 0.516 e. The molecule has 0 unspecified atom stereocenters. The molecule has 0 heterocycles. The summed E-state index contributed by atoms with van der Waals surface area (Å²) in [4.78, 5) is 59.0. The van der Waals surface area contributed by atoms with Gasteiger partial charge in [0.2, 0.25) is 20.4 Å².